The second-order valence-electron chi connectivity index (χ2n) is 5.12. The number of anilines is 1. The van der Waals surface area contributed by atoms with Gasteiger partial charge in [0, 0.05) is 37.1 Å². The first-order chi connectivity index (χ1) is 8.24. The topological polar surface area (TPSA) is 19.4 Å². The Morgan fingerprint density at radius 3 is 2.94 bits per heavy atom. The van der Waals surface area contributed by atoms with Crippen LogP contribution < -0.4 is 4.90 Å². The second kappa shape index (κ2) is 4.46. The van der Waals surface area contributed by atoms with Crippen LogP contribution in [0.15, 0.2) is 18.3 Å². The molecule has 0 amide bonds. The smallest absolute Gasteiger partial charge is 0.131 e. The third kappa shape index (κ3) is 2.14. The molecule has 3 rings (SSSR count). The summed E-state index contributed by atoms with van der Waals surface area (Å²) >= 11 is 5.96. The molecule has 0 N–H and O–H groups in total. The van der Waals surface area contributed by atoms with Crippen molar-refractivity contribution in [2.45, 2.75) is 31.3 Å². The predicted octanol–water partition coefficient (Wildman–Crippen LogP) is 2.41. The van der Waals surface area contributed by atoms with E-state index in [-0.39, 0.29) is 0 Å². The normalized spacial score (nSPS) is 29.4. The maximum absolute atomic E-state index is 5.96. The van der Waals surface area contributed by atoms with Crippen molar-refractivity contribution in [1.29, 1.82) is 0 Å². The minimum Gasteiger partial charge on any atom is -0.370 e. The van der Waals surface area contributed by atoms with Crippen LogP contribution in [0.4, 0.5) is 5.69 Å². The summed E-state index contributed by atoms with van der Waals surface area (Å²) in [5, 5.41) is 0.588. The van der Waals surface area contributed by atoms with Crippen molar-refractivity contribution in [2.24, 2.45) is 0 Å². The number of nitrogens with zero attached hydrogens (tertiary/aromatic N) is 3. The van der Waals surface area contributed by atoms with Crippen molar-refractivity contribution >= 4 is 17.3 Å². The number of likely N-dealkylation sites (N-methyl/N-ethyl adjacent to an activating group) is 1. The van der Waals surface area contributed by atoms with Crippen LogP contribution in [0.2, 0.25) is 5.15 Å². The highest BCUT2D eigenvalue weighted by Gasteiger charge is 2.34. The maximum atomic E-state index is 5.96. The SMILES string of the molecule is CN1C2CCC1CN(c1ccnc(Cl)c1)CC2. The molecule has 2 bridgehead atoms. The van der Waals surface area contributed by atoms with Crippen molar-refractivity contribution in [3.63, 3.8) is 0 Å². The molecule has 3 heterocycles. The van der Waals surface area contributed by atoms with Crippen LogP contribution in [-0.4, -0.2) is 42.1 Å². The van der Waals surface area contributed by atoms with E-state index in [0.717, 1.165) is 19.1 Å². The van der Waals surface area contributed by atoms with E-state index in [1.54, 1.807) is 6.20 Å². The molecular formula is C13H18ClN3. The molecule has 1 aromatic rings. The van der Waals surface area contributed by atoms with E-state index in [1.165, 1.54) is 24.9 Å². The Kier molecular flexibility index (Phi) is 2.97. The third-order valence-corrected chi connectivity index (χ3v) is 4.43. The van der Waals surface area contributed by atoms with Gasteiger partial charge in [0.1, 0.15) is 5.15 Å². The Morgan fingerprint density at radius 2 is 2.12 bits per heavy atom. The van der Waals surface area contributed by atoms with Crippen LogP contribution in [0.3, 0.4) is 0 Å². The molecule has 0 aliphatic carbocycles. The first-order valence-corrected chi connectivity index (χ1v) is 6.70. The van der Waals surface area contributed by atoms with Crippen LogP contribution in [0.5, 0.6) is 0 Å². The predicted molar refractivity (Wildman–Crippen MR) is 70.7 cm³/mol. The van der Waals surface area contributed by atoms with Crippen molar-refractivity contribution in [2.75, 3.05) is 25.0 Å². The van der Waals surface area contributed by atoms with Gasteiger partial charge in [0.25, 0.3) is 0 Å². The summed E-state index contributed by atoms with van der Waals surface area (Å²) in [6.07, 6.45) is 5.75. The fourth-order valence-electron chi connectivity index (χ4n) is 3.13. The summed E-state index contributed by atoms with van der Waals surface area (Å²) in [6.45, 7) is 2.25. The summed E-state index contributed by atoms with van der Waals surface area (Å²) in [4.78, 5) is 9.06. The van der Waals surface area contributed by atoms with E-state index in [9.17, 15) is 0 Å². The molecule has 2 saturated heterocycles. The Labute approximate surface area is 107 Å². The lowest BCUT2D eigenvalue weighted by molar-refractivity contribution is 0.254. The van der Waals surface area contributed by atoms with Gasteiger partial charge in [-0.1, -0.05) is 11.6 Å². The molecule has 0 radical (unpaired) electrons. The Morgan fingerprint density at radius 1 is 1.29 bits per heavy atom. The molecule has 17 heavy (non-hydrogen) atoms. The monoisotopic (exact) mass is 251 g/mol. The first kappa shape index (κ1) is 11.3. The van der Waals surface area contributed by atoms with Gasteiger partial charge in [0.05, 0.1) is 0 Å². The molecule has 4 heteroatoms. The quantitative estimate of drug-likeness (QED) is 0.715. The van der Waals surface area contributed by atoms with Gasteiger partial charge in [-0.3, -0.25) is 4.90 Å². The lowest BCUT2D eigenvalue weighted by Crippen LogP contribution is -2.36. The van der Waals surface area contributed by atoms with Gasteiger partial charge >= 0.3 is 0 Å². The highest BCUT2D eigenvalue weighted by atomic mass is 35.5. The van der Waals surface area contributed by atoms with Crippen LogP contribution in [-0.2, 0) is 0 Å². The summed E-state index contributed by atoms with van der Waals surface area (Å²) in [6, 6.07) is 5.52. The van der Waals surface area contributed by atoms with Crippen LogP contribution in [0.25, 0.3) is 0 Å². The fraction of sp³-hybridized carbons (Fsp3) is 0.615. The zero-order chi connectivity index (χ0) is 11.8. The molecule has 0 aromatic carbocycles. The van der Waals surface area contributed by atoms with E-state index in [1.807, 2.05) is 6.07 Å². The highest BCUT2D eigenvalue weighted by Crippen LogP contribution is 2.30. The molecule has 0 spiro atoms. The van der Waals surface area contributed by atoms with Gasteiger partial charge in [-0.2, -0.15) is 0 Å². The average molecular weight is 252 g/mol. The molecule has 1 aromatic heterocycles. The zero-order valence-electron chi connectivity index (χ0n) is 10.1. The molecule has 2 atom stereocenters. The maximum Gasteiger partial charge on any atom is 0.131 e. The van der Waals surface area contributed by atoms with Gasteiger partial charge in [0.2, 0.25) is 0 Å². The van der Waals surface area contributed by atoms with Gasteiger partial charge < -0.3 is 4.90 Å². The summed E-state index contributed by atoms with van der Waals surface area (Å²) in [7, 11) is 2.27. The number of halogens is 1. The Balaban J connectivity index is 1.81. The van der Waals surface area contributed by atoms with Crippen molar-refractivity contribution in [3.05, 3.63) is 23.5 Å². The number of hydrogen-bond donors (Lipinski definition) is 0. The van der Waals surface area contributed by atoms with Crippen LogP contribution in [0.1, 0.15) is 19.3 Å². The summed E-state index contributed by atoms with van der Waals surface area (Å²) in [5.41, 5.74) is 1.21. The molecule has 2 aliphatic heterocycles. The number of aromatic nitrogens is 1. The largest absolute Gasteiger partial charge is 0.370 e. The first-order valence-electron chi connectivity index (χ1n) is 6.32. The summed E-state index contributed by atoms with van der Waals surface area (Å²) in [5.74, 6) is 0. The van der Waals surface area contributed by atoms with Crippen molar-refractivity contribution < 1.29 is 0 Å². The van der Waals surface area contributed by atoms with Gasteiger partial charge in [-0.25, -0.2) is 4.98 Å². The molecule has 2 fully saturated rings. The molecule has 0 saturated carbocycles. The number of rotatable bonds is 1. The fourth-order valence-corrected chi connectivity index (χ4v) is 3.30. The molecule has 2 unspecified atom stereocenters. The number of pyridine rings is 1. The van der Waals surface area contributed by atoms with Crippen LogP contribution >= 0.6 is 11.6 Å². The molecule has 3 nitrogen and oxygen atoms in total. The lowest BCUT2D eigenvalue weighted by atomic mass is 10.1. The zero-order valence-corrected chi connectivity index (χ0v) is 10.9. The van der Waals surface area contributed by atoms with E-state index >= 15 is 0 Å². The van der Waals surface area contributed by atoms with E-state index in [0.29, 0.717) is 11.2 Å². The van der Waals surface area contributed by atoms with E-state index in [2.05, 4.69) is 27.9 Å². The third-order valence-electron chi connectivity index (χ3n) is 4.22. The standard InChI is InChI=1S/C13H18ClN3/c1-16-10-2-3-12(16)9-17(7-5-10)11-4-6-15-13(14)8-11/h4,6,8,10,12H,2-3,5,7,9H2,1H3. The average Bonchev–Trinajstić information content (AvgIpc) is 2.53. The van der Waals surface area contributed by atoms with Crippen molar-refractivity contribution in [3.8, 4) is 0 Å². The van der Waals surface area contributed by atoms with Gasteiger partial charge in [-0.05, 0) is 38.4 Å². The van der Waals surface area contributed by atoms with Gasteiger partial charge in [-0.15, -0.1) is 0 Å². The minimum absolute atomic E-state index is 0.588. The Bertz CT molecular complexity index is 409. The van der Waals surface area contributed by atoms with E-state index < -0.39 is 0 Å². The molecular weight excluding hydrogens is 234 g/mol. The number of fused-ring (bicyclic) bond motifs is 2. The summed E-state index contributed by atoms with van der Waals surface area (Å²) < 4.78 is 0. The number of hydrogen-bond acceptors (Lipinski definition) is 3. The van der Waals surface area contributed by atoms with Crippen molar-refractivity contribution in [1.82, 2.24) is 9.88 Å². The lowest BCUT2D eigenvalue weighted by Gasteiger charge is -2.27. The Hall–Kier alpha value is -0.800. The van der Waals surface area contributed by atoms with E-state index in [4.69, 9.17) is 11.6 Å². The second-order valence-corrected chi connectivity index (χ2v) is 5.51. The minimum atomic E-state index is 0.588. The molecule has 92 valence electrons. The molecule has 2 aliphatic rings. The van der Waals surface area contributed by atoms with Crippen LogP contribution in [0, 0.1) is 0 Å². The highest BCUT2D eigenvalue weighted by molar-refractivity contribution is 6.29. The van der Waals surface area contributed by atoms with Gasteiger partial charge in [0.15, 0.2) is 0 Å².